The van der Waals surface area contributed by atoms with Crippen LogP contribution in [0.15, 0.2) is 16.6 Å². The van der Waals surface area contributed by atoms with Gasteiger partial charge in [0.25, 0.3) is 10.0 Å². The topological polar surface area (TPSA) is 63.9 Å². The van der Waals surface area contributed by atoms with Crippen LogP contribution in [-0.4, -0.2) is 47.9 Å². The van der Waals surface area contributed by atoms with Gasteiger partial charge in [0.15, 0.2) is 15.1 Å². The summed E-state index contributed by atoms with van der Waals surface area (Å²) in [5.41, 5.74) is 0. The molecular formula is C10H12ClN3O3S2. The van der Waals surface area contributed by atoms with Crippen LogP contribution in [0.1, 0.15) is 6.92 Å². The minimum Gasteiger partial charge on any atom is -0.376 e. The molecule has 0 saturated carbocycles. The molecule has 1 aliphatic rings. The number of imidazole rings is 1. The van der Waals surface area contributed by atoms with Crippen molar-refractivity contribution in [3.63, 3.8) is 0 Å². The largest absolute Gasteiger partial charge is 0.376 e. The van der Waals surface area contributed by atoms with Crippen LogP contribution in [0.2, 0.25) is 5.15 Å². The molecule has 0 aromatic carbocycles. The number of halogens is 1. The Kier molecular flexibility index (Phi) is 3.30. The minimum absolute atomic E-state index is 0.0194. The van der Waals surface area contributed by atoms with Crippen LogP contribution in [0.5, 0.6) is 0 Å². The number of aromatic nitrogens is 2. The smallest absolute Gasteiger partial charge is 0.262 e. The van der Waals surface area contributed by atoms with E-state index < -0.39 is 10.0 Å². The quantitative estimate of drug-likeness (QED) is 0.840. The summed E-state index contributed by atoms with van der Waals surface area (Å²) in [7, 11) is -3.65. The van der Waals surface area contributed by atoms with E-state index in [4.69, 9.17) is 16.3 Å². The Morgan fingerprint density at radius 1 is 1.58 bits per heavy atom. The molecule has 6 nitrogen and oxygen atoms in total. The van der Waals surface area contributed by atoms with E-state index in [0.29, 0.717) is 24.7 Å². The number of thiazole rings is 1. The molecule has 1 atom stereocenters. The lowest BCUT2D eigenvalue weighted by Crippen LogP contribution is -2.44. The maximum absolute atomic E-state index is 12.7. The highest BCUT2D eigenvalue weighted by Crippen LogP contribution is 2.28. The summed E-state index contributed by atoms with van der Waals surface area (Å²) in [6, 6.07) is 0. The van der Waals surface area contributed by atoms with Gasteiger partial charge in [-0.25, -0.2) is 13.4 Å². The summed E-state index contributed by atoms with van der Waals surface area (Å²) in [6.45, 7) is 2.90. The first-order valence-electron chi connectivity index (χ1n) is 5.73. The molecule has 0 amide bonds. The van der Waals surface area contributed by atoms with Crippen LogP contribution in [0.3, 0.4) is 0 Å². The van der Waals surface area contributed by atoms with Crippen molar-refractivity contribution in [3.8, 4) is 0 Å². The number of hydrogen-bond acceptors (Lipinski definition) is 5. The van der Waals surface area contributed by atoms with Crippen LogP contribution >= 0.6 is 22.9 Å². The van der Waals surface area contributed by atoms with Gasteiger partial charge < -0.3 is 4.74 Å². The Labute approximate surface area is 119 Å². The molecule has 0 radical (unpaired) electrons. The molecule has 0 N–H and O–H groups in total. The van der Waals surface area contributed by atoms with E-state index in [1.54, 1.807) is 11.6 Å². The van der Waals surface area contributed by atoms with Gasteiger partial charge in [-0.3, -0.25) is 4.40 Å². The first kappa shape index (κ1) is 13.3. The Morgan fingerprint density at radius 2 is 2.37 bits per heavy atom. The monoisotopic (exact) mass is 321 g/mol. The molecule has 1 aliphatic heterocycles. The predicted molar refractivity (Wildman–Crippen MR) is 72.3 cm³/mol. The van der Waals surface area contributed by atoms with Crippen molar-refractivity contribution in [1.29, 1.82) is 0 Å². The Bertz CT molecular complexity index is 709. The highest BCUT2D eigenvalue weighted by molar-refractivity contribution is 7.89. The molecule has 1 fully saturated rings. The van der Waals surface area contributed by atoms with Gasteiger partial charge in [-0.15, -0.1) is 11.3 Å². The third-order valence-electron chi connectivity index (χ3n) is 2.97. The second-order valence-corrected chi connectivity index (χ2v) is 7.39. The molecule has 19 heavy (non-hydrogen) atoms. The van der Waals surface area contributed by atoms with Crippen LogP contribution in [0, 0.1) is 0 Å². The average Bonchev–Trinajstić information content (AvgIpc) is 2.88. The maximum Gasteiger partial charge on any atom is 0.262 e. The van der Waals surface area contributed by atoms with E-state index in [1.165, 1.54) is 20.0 Å². The highest BCUT2D eigenvalue weighted by atomic mass is 35.5. The standard InChI is InChI=1S/C10H12ClN3O3S2/c1-7-6-13(2-4-17-7)19(15,16)9-8(11)12-10-14(9)3-5-18-10/h3,5,7H,2,4,6H2,1H3. The fourth-order valence-corrected chi connectivity index (χ4v) is 5.00. The van der Waals surface area contributed by atoms with Crippen LogP contribution in [-0.2, 0) is 14.8 Å². The van der Waals surface area contributed by atoms with Gasteiger partial charge in [-0.05, 0) is 6.92 Å². The van der Waals surface area contributed by atoms with Crippen molar-refractivity contribution in [2.24, 2.45) is 0 Å². The Hall–Kier alpha value is -0.670. The van der Waals surface area contributed by atoms with Crippen LogP contribution < -0.4 is 0 Å². The zero-order chi connectivity index (χ0) is 13.6. The van der Waals surface area contributed by atoms with Gasteiger partial charge in [0.2, 0.25) is 0 Å². The molecule has 3 heterocycles. The van der Waals surface area contributed by atoms with Gasteiger partial charge in [0, 0.05) is 24.7 Å². The summed E-state index contributed by atoms with van der Waals surface area (Å²) >= 11 is 7.33. The van der Waals surface area contributed by atoms with Crippen LogP contribution in [0.25, 0.3) is 4.96 Å². The third kappa shape index (κ3) is 2.17. The molecule has 1 saturated heterocycles. The lowest BCUT2D eigenvalue weighted by Gasteiger charge is -2.29. The van der Waals surface area contributed by atoms with E-state index in [2.05, 4.69) is 4.98 Å². The Balaban J connectivity index is 2.08. The molecule has 0 spiro atoms. The van der Waals surface area contributed by atoms with Gasteiger partial charge in [0.1, 0.15) is 0 Å². The maximum atomic E-state index is 12.7. The highest BCUT2D eigenvalue weighted by Gasteiger charge is 2.34. The van der Waals surface area contributed by atoms with Crippen molar-refractivity contribution in [3.05, 3.63) is 16.7 Å². The molecular weight excluding hydrogens is 310 g/mol. The van der Waals surface area contributed by atoms with Crippen molar-refractivity contribution in [2.45, 2.75) is 18.1 Å². The van der Waals surface area contributed by atoms with Crippen molar-refractivity contribution in [2.75, 3.05) is 19.7 Å². The molecule has 104 valence electrons. The molecule has 9 heteroatoms. The van der Waals surface area contributed by atoms with Crippen molar-refractivity contribution in [1.82, 2.24) is 13.7 Å². The molecule has 2 aromatic rings. The fraction of sp³-hybridized carbons (Fsp3) is 0.500. The zero-order valence-electron chi connectivity index (χ0n) is 10.1. The van der Waals surface area contributed by atoms with E-state index in [0.717, 1.165) is 0 Å². The predicted octanol–water partition coefficient (Wildman–Crippen LogP) is 1.46. The van der Waals surface area contributed by atoms with E-state index in [1.807, 2.05) is 6.92 Å². The third-order valence-corrected chi connectivity index (χ3v) is 5.99. The van der Waals surface area contributed by atoms with E-state index >= 15 is 0 Å². The van der Waals surface area contributed by atoms with Gasteiger partial charge in [0.05, 0.1) is 12.7 Å². The van der Waals surface area contributed by atoms with Gasteiger partial charge in [-0.2, -0.15) is 4.31 Å². The zero-order valence-corrected chi connectivity index (χ0v) is 12.5. The summed E-state index contributed by atoms with van der Waals surface area (Å²) < 4.78 is 33.6. The molecule has 3 rings (SSSR count). The van der Waals surface area contributed by atoms with Crippen LogP contribution in [0.4, 0.5) is 0 Å². The van der Waals surface area contributed by atoms with Crippen molar-refractivity contribution < 1.29 is 13.2 Å². The number of ether oxygens (including phenoxy) is 1. The molecule has 1 unspecified atom stereocenters. The molecule has 2 aromatic heterocycles. The summed E-state index contributed by atoms with van der Waals surface area (Å²) in [4.78, 5) is 4.64. The Morgan fingerprint density at radius 3 is 3.11 bits per heavy atom. The van der Waals surface area contributed by atoms with E-state index in [9.17, 15) is 8.42 Å². The first-order valence-corrected chi connectivity index (χ1v) is 8.42. The fourth-order valence-electron chi connectivity index (χ4n) is 2.10. The summed E-state index contributed by atoms with van der Waals surface area (Å²) in [5, 5.41) is 1.84. The number of rotatable bonds is 2. The second kappa shape index (κ2) is 4.71. The lowest BCUT2D eigenvalue weighted by molar-refractivity contribution is 0.0101. The SMILES string of the molecule is CC1CN(S(=O)(=O)c2c(Cl)nc3sccn23)CCO1. The number of nitrogens with zero attached hydrogens (tertiary/aromatic N) is 3. The van der Waals surface area contributed by atoms with Crippen molar-refractivity contribution >= 4 is 37.9 Å². The summed E-state index contributed by atoms with van der Waals surface area (Å²) in [5.74, 6) is 0. The first-order chi connectivity index (χ1) is 9.00. The average molecular weight is 322 g/mol. The number of morpholine rings is 1. The molecule has 0 aliphatic carbocycles. The second-order valence-electron chi connectivity index (χ2n) is 4.31. The summed E-state index contributed by atoms with van der Waals surface area (Å²) in [6.07, 6.45) is 1.54. The van der Waals surface area contributed by atoms with Gasteiger partial charge >= 0.3 is 0 Å². The number of fused-ring (bicyclic) bond motifs is 1. The van der Waals surface area contributed by atoms with Gasteiger partial charge in [-0.1, -0.05) is 11.6 Å². The molecule has 0 bridgehead atoms. The number of sulfonamides is 1. The van der Waals surface area contributed by atoms with E-state index in [-0.39, 0.29) is 16.3 Å². The minimum atomic E-state index is -3.65. The number of hydrogen-bond donors (Lipinski definition) is 0. The normalized spacial score (nSPS) is 22.1. The lowest BCUT2D eigenvalue weighted by atomic mass is 10.3.